The van der Waals surface area contributed by atoms with E-state index in [-0.39, 0.29) is 17.9 Å². The smallest absolute Gasteiger partial charge is 0.228 e. The summed E-state index contributed by atoms with van der Waals surface area (Å²) in [6, 6.07) is 3.96. The molecule has 1 aliphatic rings. The van der Waals surface area contributed by atoms with Gasteiger partial charge in [-0.15, -0.1) is 11.3 Å². The Bertz CT molecular complexity index is 737. The fourth-order valence-electron chi connectivity index (χ4n) is 3.19. The van der Waals surface area contributed by atoms with E-state index in [9.17, 15) is 9.59 Å². The van der Waals surface area contributed by atoms with Crippen LogP contribution >= 0.6 is 11.3 Å². The molecule has 2 aromatic rings. The van der Waals surface area contributed by atoms with Crippen molar-refractivity contribution >= 4 is 28.3 Å². The molecule has 6 nitrogen and oxygen atoms in total. The molecule has 3 rings (SSSR count). The summed E-state index contributed by atoms with van der Waals surface area (Å²) in [6.07, 6.45) is 5.27. The van der Waals surface area contributed by atoms with Gasteiger partial charge in [-0.3, -0.25) is 9.59 Å². The number of nitrogens with zero attached hydrogens (tertiary/aromatic N) is 3. The lowest BCUT2D eigenvalue weighted by atomic mass is 9.99. The molecule has 0 saturated carbocycles. The summed E-state index contributed by atoms with van der Waals surface area (Å²) < 4.78 is 1.99. The number of amides is 2. The number of aromatic nitrogens is 2. The maximum atomic E-state index is 12.3. The van der Waals surface area contributed by atoms with Gasteiger partial charge in [0.2, 0.25) is 11.8 Å². The van der Waals surface area contributed by atoms with Gasteiger partial charge in [-0.2, -0.15) is 0 Å². The zero-order valence-corrected chi connectivity index (χ0v) is 14.8. The Morgan fingerprint density at radius 1 is 1.42 bits per heavy atom. The first kappa shape index (κ1) is 16.7. The second kappa shape index (κ2) is 7.17. The highest BCUT2D eigenvalue weighted by atomic mass is 32.1. The topological polar surface area (TPSA) is 67.2 Å². The number of hydrogen-bond acceptors (Lipinski definition) is 4. The van der Waals surface area contributed by atoms with Crippen molar-refractivity contribution in [2.24, 2.45) is 7.05 Å². The first-order valence-corrected chi connectivity index (χ1v) is 9.07. The van der Waals surface area contributed by atoms with Gasteiger partial charge < -0.3 is 14.8 Å². The van der Waals surface area contributed by atoms with Gasteiger partial charge in [0.25, 0.3) is 0 Å². The average molecular weight is 346 g/mol. The molecule has 0 radical (unpaired) electrons. The normalized spacial score (nSPS) is 17.8. The molecule has 1 atom stereocenters. The number of anilines is 1. The van der Waals surface area contributed by atoms with Crippen LogP contribution in [0.1, 0.15) is 32.6 Å². The third-order valence-corrected chi connectivity index (χ3v) is 5.17. The van der Waals surface area contributed by atoms with Crippen molar-refractivity contribution in [1.29, 1.82) is 0 Å². The number of thiazole rings is 1. The summed E-state index contributed by atoms with van der Waals surface area (Å²) in [7, 11) is 1.96. The van der Waals surface area contributed by atoms with Gasteiger partial charge in [0.1, 0.15) is 0 Å². The van der Waals surface area contributed by atoms with E-state index in [0.717, 1.165) is 37.2 Å². The van der Waals surface area contributed by atoms with Gasteiger partial charge in [0.05, 0.1) is 11.4 Å². The van der Waals surface area contributed by atoms with Crippen LogP contribution in [0.25, 0.3) is 11.4 Å². The van der Waals surface area contributed by atoms with E-state index in [4.69, 9.17) is 0 Å². The Balaban J connectivity index is 1.62. The quantitative estimate of drug-likeness (QED) is 0.926. The number of nitrogens with one attached hydrogen (secondary N) is 1. The van der Waals surface area contributed by atoms with Crippen molar-refractivity contribution in [2.45, 2.75) is 38.6 Å². The third-order valence-electron chi connectivity index (χ3n) is 4.41. The van der Waals surface area contributed by atoms with Crippen LogP contribution < -0.4 is 5.32 Å². The number of aryl methyl sites for hydroxylation is 1. The Hall–Kier alpha value is -2.15. The molecule has 1 saturated heterocycles. The summed E-state index contributed by atoms with van der Waals surface area (Å²) in [4.78, 5) is 30.3. The minimum Gasteiger partial charge on any atom is -0.349 e. The first-order valence-electron chi connectivity index (χ1n) is 8.19. The number of rotatable bonds is 4. The summed E-state index contributed by atoms with van der Waals surface area (Å²) in [6.45, 7) is 2.32. The third kappa shape index (κ3) is 3.67. The lowest BCUT2D eigenvalue weighted by Crippen LogP contribution is -2.44. The zero-order valence-electron chi connectivity index (χ0n) is 14.0. The van der Waals surface area contributed by atoms with Crippen LogP contribution in [-0.4, -0.2) is 38.9 Å². The molecule has 0 aliphatic carbocycles. The molecular formula is C17H22N4O2S. The largest absolute Gasteiger partial charge is 0.349 e. The number of hydrogen-bond donors (Lipinski definition) is 1. The van der Waals surface area contributed by atoms with Gasteiger partial charge in [-0.1, -0.05) is 0 Å². The fourth-order valence-corrected chi connectivity index (χ4v) is 3.91. The highest BCUT2D eigenvalue weighted by Gasteiger charge is 2.26. The Labute approximate surface area is 145 Å². The fraction of sp³-hybridized carbons (Fsp3) is 0.471. The summed E-state index contributed by atoms with van der Waals surface area (Å²) >= 11 is 1.42. The monoisotopic (exact) mass is 346 g/mol. The second-order valence-electron chi connectivity index (χ2n) is 6.16. The SMILES string of the molecule is CC(=O)N1CCCC[C@H]1CC(=O)Nc1nc(-c2cccn2C)cs1. The molecule has 128 valence electrons. The van der Waals surface area contributed by atoms with E-state index < -0.39 is 0 Å². The van der Waals surface area contributed by atoms with Crippen molar-refractivity contribution < 1.29 is 9.59 Å². The molecule has 0 spiro atoms. The second-order valence-corrected chi connectivity index (χ2v) is 7.01. The van der Waals surface area contributed by atoms with Crippen molar-refractivity contribution in [1.82, 2.24) is 14.5 Å². The maximum absolute atomic E-state index is 12.3. The molecule has 0 unspecified atom stereocenters. The van der Waals surface area contributed by atoms with E-state index in [1.165, 1.54) is 11.3 Å². The van der Waals surface area contributed by atoms with E-state index in [1.54, 1.807) is 6.92 Å². The number of carbonyl (C=O) groups excluding carboxylic acids is 2. The van der Waals surface area contributed by atoms with E-state index >= 15 is 0 Å². The van der Waals surface area contributed by atoms with Crippen molar-refractivity contribution in [3.05, 3.63) is 23.7 Å². The minimum atomic E-state index is -0.0825. The van der Waals surface area contributed by atoms with E-state index in [2.05, 4.69) is 10.3 Å². The van der Waals surface area contributed by atoms with Crippen LogP contribution in [-0.2, 0) is 16.6 Å². The van der Waals surface area contributed by atoms with Crippen LogP contribution in [0.2, 0.25) is 0 Å². The Morgan fingerprint density at radius 3 is 2.96 bits per heavy atom. The molecule has 0 bridgehead atoms. The standard InChI is InChI=1S/C17H22N4O2S/c1-12(22)21-9-4-3-6-13(21)10-16(23)19-17-18-14(11-24-17)15-7-5-8-20(15)2/h5,7-8,11,13H,3-4,6,9-10H2,1-2H3,(H,18,19,23)/t13-/m0/s1. The highest BCUT2D eigenvalue weighted by Crippen LogP contribution is 2.26. The lowest BCUT2D eigenvalue weighted by Gasteiger charge is -2.34. The molecule has 1 fully saturated rings. The maximum Gasteiger partial charge on any atom is 0.228 e. The summed E-state index contributed by atoms with van der Waals surface area (Å²) in [5.41, 5.74) is 1.87. The van der Waals surface area contributed by atoms with Gasteiger partial charge in [-0.05, 0) is 31.4 Å². The van der Waals surface area contributed by atoms with Crippen LogP contribution in [0.3, 0.4) is 0 Å². The van der Waals surface area contributed by atoms with Gasteiger partial charge in [0.15, 0.2) is 5.13 Å². The van der Waals surface area contributed by atoms with Crippen LogP contribution in [0.4, 0.5) is 5.13 Å². The first-order chi connectivity index (χ1) is 11.5. The van der Waals surface area contributed by atoms with Crippen LogP contribution in [0.15, 0.2) is 23.7 Å². The molecule has 0 aromatic carbocycles. The molecule has 1 N–H and O–H groups in total. The molecule has 2 amide bonds. The molecule has 24 heavy (non-hydrogen) atoms. The number of likely N-dealkylation sites (tertiary alicyclic amines) is 1. The molecule has 1 aliphatic heterocycles. The number of carbonyl (C=O) groups is 2. The van der Waals surface area contributed by atoms with Crippen molar-refractivity contribution in [3.63, 3.8) is 0 Å². The van der Waals surface area contributed by atoms with Gasteiger partial charge in [-0.25, -0.2) is 4.98 Å². The predicted molar refractivity (Wildman–Crippen MR) is 94.8 cm³/mol. The van der Waals surface area contributed by atoms with Crippen molar-refractivity contribution in [2.75, 3.05) is 11.9 Å². The number of piperidine rings is 1. The molecule has 2 aromatic heterocycles. The Kier molecular flexibility index (Phi) is 4.99. The summed E-state index contributed by atoms with van der Waals surface area (Å²) in [5, 5.41) is 5.41. The van der Waals surface area contributed by atoms with Crippen molar-refractivity contribution in [3.8, 4) is 11.4 Å². The van der Waals surface area contributed by atoms with Gasteiger partial charge in [0, 0.05) is 44.6 Å². The molecular weight excluding hydrogens is 324 g/mol. The van der Waals surface area contributed by atoms with Crippen LogP contribution in [0.5, 0.6) is 0 Å². The molecule has 3 heterocycles. The van der Waals surface area contributed by atoms with Gasteiger partial charge >= 0.3 is 0 Å². The average Bonchev–Trinajstić information content (AvgIpc) is 3.16. The Morgan fingerprint density at radius 2 is 2.25 bits per heavy atom. The predicted octanol–water partition coefficient (Wildman–Crippen LogP) is 2.88. The summed E-state index contributed by atoms with van der Waals surface area (Å²) in [5.74, 6) is -0.0336. The molecule has 7 heteroatoms. The van der Waals surface area contributed by atoms with Crippen LogP contribution in [0, 0.1) is 0 Å². The highest BCUT2D eigenvalue weighted by molar-refractivity contribution is 7.14. The lowest BCUT2D eigenvalue weighted by molar-refractivity contribution is -0.133. The van der Waals surface area contributed by atoms with E-state index in [0.29, 0.717) is 11.6 Å². The van der Waals surface area contributed by atoms with E-state index in [1.807, 2.05) is 40.2 Å². The zero-order chi connectivity index (χ0) is 17.1. The minimum absolute atomic E-state index is 0.00329.